The zero-order valence-corrected chi connectivity index (χ0v) is 7.49. The highest BCUT2D eigenvalue weighted by molar-refractivity contribution is 6.37. The number of amides is 1. The molecule has 4 nitrogen and oxygen atoms in total. The van der Waals surface area contributed by atoms with Crippen LogP contribution in [0.1, 0.15) is 19.3 Å². The molecular formula is C9H13NO3. The SMILES string of the molecule is O=C1CCN(C2CCCOC2)C1=O. The predicted molar refractivity (Wildman–Crippen MR) is 45.2 cm³/mol. The van der Waals surface area contributed by atoms with E-state index in [2.05, 4.69) is 0 Å². The van der Waals surface area contributed by atoms with Gasteiger partial charge in [-0.3, -0.25) is 9.59 Å². The normalized spacial score (nSPS) is 29.8. The average molecular weight is 183 g/mol. The number of carbonyl (C=O) groups is 2. The predicted octanol–water partition coefficient (Wildman–Crippen LogP) is -0.0332. The monoisotopic (exact) mass is 183 g/mol. The summed E-state index contributed by atoms with van der Waals surface area (Å²) < 4.78 is 5.27. The summed E-state index contributed by atoms with van der Waals surface area (Å²) in [6, 6.07) is 0.146. The van der Waals surface area contributed by atoms with Crippen molar-refractivity contribution in [1.82, 2.24) is 4.90 Å². The van der Waals surface area contributed by atoms with Crippen LogP contribution in [0.15, 0.2) is 0 Å². The fraction of sp³-hybridized carbons (Fsp3) is 0.778. The van der Waals surface area contributed by atoms with Crippen molar-refractivity contribution in [2.24, 2.45) is 0 Å². The first-order chi connectivity index (χ1) is 6.29. The van der Waals surface area contributed by atoms with Crippen LogP contribution in [0.25, 0.3) is 0 Å². The summed E-state index contributed by atoms with van der Waals surface area (Å²) in [5, 5.41) is 0. The molecule has 4 heteroatoms. The molecule has 72 valence electrons. The van der Waals surface area contributed by atoms with Crippen LogP contribution in [-0.4, -0.2) is 42.4 Å². The lowest BCUT2D eigenvalue weighted by Gasteiger charge is -2.30. The second kappa shape index (κ2) is 3.46. The Balaban J connectivity index is 2.00. The second-order valence-corrected chi connectivity index (χ2v) is 3.54. The maximum absolute atomic E-state index is 11.3. The molecule has 0 aliphatic carbocycles. The molecule has 2 heterocycles. The van der Waals surface area contributed by atoms with Gasteiger partial charge in [-0.25, -0.2) is 0 Å². The van der Waals surface area contributed by atoms with Gasteiger partial charge in [0.25, 0.3) is 5.91 Å². The molecule has 2 aliphatic heterocycles. The maximum atomic E-state index is 11.3. The van der Waals surface area contributed by atoms with Crippen LogP contribution < -0.4 is 0 Å². The number of hydrogen-bond acceptors (Lipinski definition) is 3. The third kappa shape index (κ3) is 1.58. The van der Waals surface area contributed by atoms with Gasteiger partial charge in [0.05, 0.1) is 12.6 Å². The molecule has 0 N–H and O–H groups in total. The van der Waals surface area contributed by atoms with Gasteiger partial charge in [-0.15, -0.1) is 0 Å². The number of rotatable bonds is 1. The van der Waals surface area contributed by atoms with Crippen LogP contribution in [0.2, 0.25) is 0 Å². The van der Waals surface area contributed by atoms with Gasteiger partial charge in [-0.05, 0) is 12.8 Å². The molecule has 1 amide bonds. The van der Waals surface area contributed by atoms with Gasteiger partial charge in [0.2, 0.25) is 5.78 Å². The number of hydrogen-bond donors (Lipinski definition) is 0. The molecule has 0 radical (unpaired) electrons. The minimum atomic E-state index is -0.310. The van der Waals surface area contributed by atoms with Gasteiger partial charge in [0, 0.05) is 19.6 Å². The lowest BCUT2D eigenvalue weighted by atomic mass is 10.1. The van der Waals surface area contributed by atoms with Crippen LogP contribution in [0.4, 0.5) is 0 Å². The van der Waals surface area contributed by atoms with Gasteiger partial charge < -0.3 is 9.64 Å². The zero-order chi connectivity index (χ0) is 9.26. The number of carbonyl (C=O) groups excluding carboxylic acids is 2. The molecule has 2 aliphatic rings. The van der Waals surface area contributed by atoms with Crippen molar-refractivity contribution in [1.29, 1.82) is 0 Å². The average Bonchev–Trinajstić information content (AvgIpc) is 2.49. The quantitative estimate of drug-likeness (QED) is 0.536. The molecule has 2 fully saturated rings. The summed E-state index contributed by atoms with van der Waals surface area (Å²) in [6.45, 7) is 1.97. The lowest BCUT2D eigenvalue weighted by molar-refractivity contribution is -0.142. The van der Waals surface area contributed by atoms with Crippen molar-refractivity contribution in [2.45, 2.75) is 25.3 Å². The van der Waals surface area contributed by atoms with E-state index in [1.54, 1.807) is 4.90 Å². The van der Waals surface area contributed by atoms with Crippen molar-refractivity contribution < 1.29 is 14.3 Å². The fourth-order valence-electron chi connectivity index (χ4n) is 1.91. The van der Waals surface area contributed by atoms with E-state index in [4.69, 9.17) is 4.74 Å². The van der Waals surface area contributed by atoms with Crippen LogP contribution >= 0.6 is 0 Å². The highest BCUT2D eigenvalue weighted by Crippen LogP contribution is 2.18. The van der Waals surface area contributed by atoms with E-state index in [1.165, 1.54) is 0 Å². The smallest absolute Gasteiger partial charge is 0.290 e. The molecule has 2 rings (SSSR count). The largest absolute Gasteiger partial charge is 0.379 e. The summed E-state index contributed by atoms with van der Waals surface area (Å²) in [5.74, 6) is -0.555. The van der Waals surface area contributed by atoms with E-state index in [1.807, 2.05) is 0 Å². The Bertz CT molecular complexity index is 233. The first-order valence-electron chi connectivity index (χ1n) is 4.70. The molecule has 0 saturated carbocycles. The number of ether oxygens (including phenoxy) is 1. The molecule has 13 heavy (non-hydrogen) atoms. The Hall–Kier alpha value is -0.900. The molecule has 0 bridgehead atoms. The van der Waals surface area contributed by atoms with E-state index < -0.39 is 0 Å². The molecule has 0 aromatic heterocycles. The molecular weight excluding hydrogens is 170 g/mol. The second-order valence-electron chi connectivity index (χ2n) is 3.54. The van der Waals surface area contributed by atoms with Crippen molar-refractivity contribution in [3.8, 4) is 0 Å². The van der Waals surface area contributed by atoms with Gasteiger partial charge in [-0.2, -0.15) is 0 Å². The standard InChI is InChI=1S/C9H13NO3/c11-8-3-4-10(9(8)12)7-2-1-5-13-6-7/h7H,1-6H2. The Morgan fingerprint density at radius 1 is 1.38 bits per heavy atom. The molecule has 0 spiro atoms. The van der Waals surface area contributed by atoms with Crippen LogP contribution in [0, 0.1) is 0 Å². The summed E-state index contributed by atoms with van der Waals surface area (Å²) in [7, 11) is 0. The number of likely N-dealkylation sites (tertiary alicyclic amines) is 1. The van der Waals surface area contributed by atoms with Gasteiger partial charge in [-0.1, -0.05) is 0 Å². The van der Waals surface area contributed by atoms with E-state index in [9.17, 15) is 9.59 Å². The molecule has 1 atom stereocenters. The Kier molecular flexibility index (Phi) is 2.31. The Morgan fingerprint density at radius 2 is 2.23 bits per heavy atom. The van der Waals surface area contributed by atoms with Gasteiger partial charge in [0.15, 0.2) is 0 Å². The Labute approximate surface area is 76.8 Å². The summed E-state index contributed by atoms with van der Waals surface area (Å²) in [5.41, 5.74) is 0. The molecule has 0 aromatic rings. The number of nitrogens with zero attached hydrogens (tertiary/aromatic N) is 1. The first-order valence-corrected chi connectivity index (χ1v) is 4.70. The third-order valence-corrected chi connectivity index (χ3v) is 2.66. The summed E-state index contributed by atoms with van der Waals surface area (Å²) in [6.07, 6.45) is 2.34. The molecule has 2 saturated heterocycles. The van der Waals surface area contributed by atoms with Crippen molar-refractivity contribution in [3.05, 3.63) is 0 Å². The van der Waals surface area contributed by atoms with Gasteiger partial charge in [0.1, 0.15) is 0 Å². The fourth-order valence-corrected chi connectivity index (χ4v) is 1.91. The third-order valence-electron chi connectivity index (χ3n) is 2.66. The summed E-state index contributed by atoms with van der Waals surface area (Å²) in [4.78, 5) is 24.0. The zero-order valence-electron chi connectivity index (χ0n) is 7.49. The van der Waals surface area contributed by atoms with Crippen LogP contribution in [0.3, 0.4) is 0 Å². The van der Waals surface area contributed by atoms with Crippen molar-refractivity contribution in [3.63, 3.8) is 0 Å². The minimum Gasteiger partial charge on any atom is -0.379 e. The lowest BCUT2D eigenvalue weighted by Crippen LogP contribution is -2.42. The van der Waals surface area contributed by atoms with Crippen molar-refractivity contribution in [2.75, 3.05) is 19.8 Å². The first kappa shape index (κ1) is 8.69. The molecule has 1 unspecified atom stereocenters. The van der Waals surface area contributed by atoms with Crippen LogP contribution in [0.5, 0.6) is 0 Å². The van der Waals surface area contributed by atoms with E-state index in [0.29, 0.717) is 19.6 Å². The van der Waals surface area contributed by atoms with E-state index in [0.717, 1.165) is 19.4 Å². The number of Topliss-reactive ketones (excluding diaryl/α,β-unsaturated/α-hetero) is 1. The molecule has 0 aromatic carbocycles. The summed E-state index contributed by atoms with van der Waals surface area (Å²) >= 11 is 0. The highest BCUT2D eigenvalue weighted by Gasteiger charge is 2.34. The van der Waals surface area contributed by atoms with E-state index >= 15 is 0 Å². The maximum Gasteiger partial charge on any atom is 0.290 e. The van der Waals surface area contributed by atoms with Crippen LogP contribution in [-0.2, 0) is 14.3 Å². The van der Waals surface area contributed by atoms with E-state index in [-0.39, 0.29) is 17.7 Å². The Morgan fingerprint density at radius 3 is 2.77 bits per heavy atom. The highest BCUT2D eigenvalue weighted by atomic mass is 16.5. The number of ketones is 1. The van der Waals surface area contributed by atoms with Crippen molar-refractivity contribution >= 4 is 11.7 Å². The minimum absolute atomic E-state index is 0.146. The topological polar surface area (TPSA) is 46.6 Å². The van der Waals surface area contributed by atoms with Gasteiger partial charge >= 0.3 is 0 Å².